The molecule has 0 unspecified atom stereocenters. The van der Waals surface area contributed by atoms with Gasteiger partial charge in [-0.2, -0.15) is 4.31 Å². The second-order valence-corrected chi connectivity index (χ2v) is 10.1. The van der Waals surface area contributed by atoms with Crippen LogP contribution in [0, 0.1) is 5.82 Å². The van der Waals surface area contributed by atoms with Crippen molar-refractivity contribution in [1.29, 1.82) is 0 Å². The maximum atomic E-state index is 14.3. The molecule has 1 aliphatic heterocycles. The third-order valence-electron chi connectivity index (χ3n) is 4.20. The lowest BCUT2D eigenvalue weighted by atomic mass is 10.3. The lowest BCUT2D eigenvalue weighted by molar-refractivity contribution is 0.0729. The molecule has 0 spiro atoms. The first kappa shape index (κ1) is 21.8. The molecule has 8 nitrogen and oxygen atoms in total. The number of methoxy groups -OCH3 is 1. The second kappa shape index (κ2) is 8.44. The number of hydrogen-bond donors (Lipinski definition) is 1. The van der Waals surface area contributed by atoms with E-state index in [1.807, 2.05) is 0 Å². The van der Waals surface area contributed by atoms with Crippen molar-refractivity contribution in [1.82, 2.24) is 4.31 Å². The van der Waals surface area contributed by atoms with Gasteiger partial charge in [-0.15, -0.1) is 0 Å². The van der Waals surface area contributed by atoms with Crippen LogP contribution in [-0.4, -0.2) is 54.6 Å². The fraction of sp³-hybridized carbons (Fsp3) is 0.294. The first-order valence-corrected chi connectivity index (χ1v) is 11.7. The molecule has 1 saturated heterocycles. The number of nitrogens with one attached hydrogen (secondary N) is 1. The van der Waals surface area contributed by atoms with Crippen molar-refractivity contribution in [3.05, 3.63) is 47.2 Å². The molecule has 2 aromatic rings. The van der Waals surface area contributed by atoms with Gasteiger partial charge >= 0.3 is 0 Å². The van der Waals surface area contributed by atoms with Gasteiger partial charge in [0.15, 0.2) is 0 Å². The average Bonchev–Trinajstić information content (AvgIpc) is 2.69. The molecule has 2 aromatic carbocycles. The second-order valence-electron chi connectivity index (χ2n) is 6.06. The zero-order valence-corrected chi connectivity index (χ0v) is 17.7. The van der Waals surface area contributed by atoms with Crippen molar-refractivity contribution < 1.29 is 30.7 Å². The molecule has 0 radical (unpaired) electrons. The van der Waals surface area contributed by atoms with E-state index in [9.17, 15) is 21.2 Å². The molecule has 1 N–H and O–H groups in total. The highest BCUT2D eigenvalue weighted by Gasteiger charge is 2.29. The smallest absolute Gasteiger partial charge is 0.261 e. The summed E-state index contributed by atoms with van der Waals surface area (Å²) in [6, 6.07) is 6.83. The number of halogens is 2. The topological polar surface area (TPSA) is 102 Å². The first-order valence-electron chi connectivity index (χ1n) is 8.39. The zero-order chi connectivity index (χ0) is 21.2. The molecular weight excluding hydrogens is 447 g/mol. The van der Waals surface area contributed by atoms with Crippen LogP contribution >= 0.6 is 11.6 Å². The molecule has 0 bridgehead atoms. The minimum absolute atomic E-state index is 0.0854. The van der Waals surface area contributed by atoms with E-state index in [2.05, 4.69) is 4.72 Å². The zero-order valence-electron chi connectivity index (χ0n) is 15.3. The monoisotopic (exact) mass is 464 g/mol. The van der Waals surface area contributed by atoms with Crippen molar-refractivity contribution in [3.63, 3.8) is 0 Å². The van der Waals surface area contributed by atoms with Crippen LogP contribution in [0.2, 0.25) is 5.02 Å². The number of morpholine rings is 1. The van der Waals surface area contributed by atoms with Crippen LogP contribution in [-0.2, 0) is 24.8 Å². The number of sulfonamides is 2. The lowest BCUT2D eigenvalue weighted by Gasteiger charge is -2.26. The number of ether oxygens (including phenoxy) is 2. The predicted octanol–water partition coefficient (Wildman–Crippen LogP) is 2.31. The van der Waals surface area contributed by atoms with Crippen LogP contribution in [0.3, 0.4) is 0 Å². The third-order valence-corrected chi connectivity index (χ3v) is 7.79. The summed E-state index contributed by atoms with van der Waals surface area (Å²) in [5.74, 6) is -0.682. The van der Waals surface area contributed by atoms with E-state index >= 15 is 0 Å². The summed E-state index contributed by atoms with van der Waals surface area (Å²) in [5, 5.41) is 0.0880. The number of benzene rings is 2. The molecule has 0 atom stereocenters. The van der Waals surface area contributed by atoms with Gasteiger partial charge in [-0.25, -0.2) is 21.2 Å². The highest BCUT2D eigenvalue weighted by Crippen LogP contribution is 2.29. The van der Waals surface area contributed by atoms with E-state index < -0.39 is 30.8 Å². The minimum atomic E-state index is -4.15. The summed E-state index contributed by atoms with van der Waals surface area (Å²) < 4.78 is 78.4. The molecule has 1 fully saturated rings. The molecule has 0 aromatic heterocycles. The van der Waals surface area contributed by atoms with Crippen LogP contribution in [0.25, 0.3) is 0 Å². The van der Waals surface area contributed by atoms with E-state index in [1.54, 1.807) is 0 Å². The summed E-state index contributed by atoms with van der Waals surface area (Å²) in [7, 11) is -6.86. The van der Waals surface area contributed by atoms with Crippen molar-refractivity contribution in [3.8, 4) is 5.75 Å². The summed E-state index contributed by atoms with van der Waals surface area (Å²) in [4.78, 5) is -0.780. The Balaban J connectivity index is 1.92. The van der Waals surface area contributed by atoms with Gasteiger partial charge in [-0.05, 0) is 36.4 Å². The minimum Gasteiger partial charge on any atom is -0.495 e. The van der Waals surface area contributed by atoms with Gasteiger partial charge in [0.25, 0.3) is 10.0 Å². The van der Waals surface area contributed by atoms with Gasteiger partial charge in [0.2, 0.25) is 10.0 Å². The van der Waals surface area contributed by atoms with E-state index in [4.69, 9.17) is 21.1 Å². The first-order chi connectivity index (χ1) is 13.6. The quantitative estimate of drug-likeness (QED) is 0.703. The Bertz CT molecular complexity index is 1120. The largest absolute Gasteiger partial charge is 0.495 e. The van der Waals surface area contributed by atoms with Gasteiger partial charge in [0.05, 0.1) is 35.9 Å². The molecule has 12 heteroatoms. The molecule has 0 amide bonds. The van der Waals surface area contributed by atoms with Crippen LogP contribution in [0.1, 0.15) is 0 Å². The van der Waals surface area contributed by atoms with E-state index in [-0.39, 0.29) is 41.9 Å². The van der Waals surface area contributed by atoms with Crippen molar-refractivity contribution >= 4 is 37.3 Å². The van der Waals surface area contributed by atoms with Crippen molar-refractivity contribution in [2.45, 2.75) is 9.79 Å². The Hall–Kier alpha value is -1.92. The Morgan fingerprint density at radius 2 is 1.79 bits per heavy atom. The van der Waals surface area contributed by atoms with Crippen molar-refractivity contribution in [2.24, 2.45) is 0 Å². The summed E-state index contributed by atoms with van der Waals surface area (Å²) >= 11 is 5.97. The molecule has 29 heavy (non-hydrogen) atoms. The molecule has 158 valence electrons. The SMILES string of the molecule is COc1ccc(S(=O)(=O)Nc2ccc(F)c(S(=O)(=O)N3CCOCC3)c2)cc1Cl. The fourth-order valence-corrected chi connectivity index (χ4v) is 5.61. The number of nitrogens with zero attached hydrogens (tertiary/aromatic N) is 1. The molecule has 1 heterocycles. The van der Waals surface area contributed by atoms with E-state index in [1.165, 1.54) is 25.3 Å². The molecule has 1 aliphatic rings. The number of rotatable bonds is 6. The summed E-state index contributed by atoms with van der Waals surface area (Å²) in [6.07, 6.45) is 0. The fourth-order valence-electron chi connectivity index (χ4n) is 2.72. The highest BCUT2D eigenvalue weighted by molar-refractivity contribution is 7.92. The standard InChI is InChI=1S/C17H18ClFN2O6S2/c1-26-16-5-3-13(11-14(16)18)28(22,23)20-12-2-4-15(19)17(10-12)29(24,25)21-6-8-27-9-7-21/h2-5,10-11,20H,6-9H2,1H3. The van der Waals surface area contributed by atoms with Crippen LogP contribution in [0.4, 0.5) is 10.1 Å². The number of anilines is 1. The average molecular weight is 465 g/mol. The van der Waals surface area contributed by atoms with Gasteiger partial charge < -0.3 is 9.47 Å². The molecule has 3 rings (SSSR count). The van der Waals surface area contributed by atoms with Crippen LogP contribution in [0.5, 0.6) is 5.75 Å². The molecule has 0 saturated carbocycles. The van der Waals surface area contributed by atoms with Gasteiger partial charge in [0, 0.05) is 13.1 Å². The maximum absolute atomic E-state index is 14.3. The normalized spacial score (nSPS) is 15.8. The van der Waals surface area contributed by atoms with Gasteiger partial charge in [-0.1, -0.05) is 11.6 Å². The third kappa shape index (κ3) is 4.64. The van der Waals surface area contributed by atoms with Gasteiger partial charge in [-0.3, -0.25) is 4.72 Å². The Morgan fingerprint density at radius 3 is 2.41 bits per heavy atom. The van der Waals surface area contributed by atoms with Crippen LogP contribution < -0.4 is 9.46 Å². The number of hydrogen-bond acceptors (Lipinski definition) is 6. The van der Waals surface area contributed by atoms with Gasteiger partial charge in [0.1, 0.15) is 16.5 Å². The van der Waals surface area contributed by atoms with Crippen LogP contribution in [0.15, 0.2) is 46.2 Å². The summed E-state index contributed by atoms with van der Waals surface area (Å²) in [5.41, 5.74) is -0.106. The Kier molecular flexibility index (Phi) is 6.34. The molecular formula is C17H18ClFN2O6S2. The Labute approximate surface area is 173 Å². The Morgan fingerprint density at radius 1 is 1.10 bits per heavy atom. The maximum Gasteiger partial charge on any atom is 0.261 e. The highest BCUT2D eigenvalue weighted by atomic mass is 35.5. The van der Waals surface area contributed by atoms with Crippen molar-refractivity contribution in [2.75, 3.05) is 38.1 Å². The lowest BCUT2D eigenvalue weighted by Crippen LogP contribution is -2.40. The van der Waals surface area contributed by atoms with E-state index in [0.29, 0.717) is 5.75 Å². The van der Waals surface area contributed by atoms with E-state index in [0.717, 1.165) is 22.5 Å². The predicted molar refractivity (Wildman–Crippen MR) is 105 cm³/mol. The summed E-state index contributed by atoms with van der Waals surface area (Å²) in [6.45, 7) is 0.570. The molecule has 0 aliphatic carbocycles.